The number of hydrogen-bond acceptors (Lipinski definition) is 6. The largest absolute Gasteiger partial charge is 0.462 e. The molecule has 2 aromatic carbocycles. The van der Waals surface area contributed by atoms with Crippen LogP contribution >= 0.6 is 0 Å². The van der Waals surface area contributed by atoms with Crippen LogP contribution in [0.1, 0.15) is 76.6 Å². The molecule has 2 aromatic rings. The van der Waals surface area contributed by atoms with Crippen LogP contribution in [0.25, 0.3) is 21.8 Å². The molecule has 4 aliphatic heterocycles. The van der Waals surface area contributed by atoms with Gasteiger partial charge in [0.05, 0.1) is 25.3 Å². The Bertz CT molecular complexity index is 2190. The molecule has 0 spiro atoms. The van der Waals surface area contributed by atoms with Crippen LogP contribution in [0.2, 0.25) is 0 Å². The average Bonchev–Trinajstić information content (AvgIpc) is 3.13. The lowest BCUT2D eigenvalue weighted by atomic mass is 9.69. The van der Waals surface area contributed by atoms with E-state index in [9.17, 15) is 5.26 Å². The van der Waals surface area contributed by atoms with Gasteiger partial charge in [-0.3, -0.25) is 0 Å². The minimum Gasteiger partial charge on any atom is -0.462 e. The van der Waals surface area contributed by atoms with Gasteiger partial charge >= 0.3 is 0 Å². The van der Waals surface area contributed by atoms with Crippen LogP contribution in [0.15, 0.2) is 118 Å². The van der Waals surface area contributed by atoms with Gasteiger partial charge in [-0.1, -0.05) is 52.0 Å². The molecule has 0 aromatic heterocycles. The first-order valence-electron chi connectivity index (χ1n) is 17.9. The number of nitrogens with zero attached hydrogens (tertiary/aromatic N) is 6. The number of hydrogen-bond donors (Lipinski definition) is 0. The molecule has 4 aliphatic rings. The standard InChI is InChI=1S/C27H29N3O.C19H17N3O/c1-18-13-20(24(17-28)29-6)16-21(31-18)8-7-19-14-22-25-23(15-19)27(4,5)10-12-30(25)11-9-26(22,2)3;1-14-11-16(19(13-20)21-2)12-18(23-14)10-7-15-5-8-17(9-6-15)22(3)4/h7-8,13-16H,9-12H2,1-5H3;5-12H,1,3-4H3/b8-7+,24-20+;10-7+,19-16+. The lowest BCUT2D eigenvalue weighted by Crippen LogP contribution is -2.44. The topological polar surface area (TPSA) is 81.2 Å². The molecule has 0 saturated heterocycles. The Kier molecular flexibility index (Phi) is 11.5. The highest BCUT2D eigenvalue weighted by Gasteiger charge is 2.39. The minimum absolute atomic E-state index is 0.0638. The fraction of sp³-hybridized carbons (Fsp3) is 0.304. The highest BCUT2D eigenvalue weighted by molar-refractivity contribution is 5.72. The van der Waals surface area contributed by atoms with E-state index in [-0.39, 0.29) is 22.2 Å². The van der Waals surface area contributed by atoms with Crippen LogP contribution < -0.4 is 9.80 Å². The summed E-state index contributed by atoms with van der Waals surface area (Å²) in [5.74, 6) is 2.57. The molecular weight excluding hydrogens is 669 g/mol. The smallest absolute Gasteiger partial charge is 0.269 e. The van der Waals surface area contributed by atoms with Gasteiger partial charge in [-0.15, -0.1) is 0 Å². The summed E-state index contributed by atoms with van der Waals surface area (Å²) in [4.78, 5) is 11.2. The first-order chi connectivity index (χ1) is 25.7. The highest BCUT2D eigenvalue weighted by Crippen LogP contribution is 2.49. The second-order valence-electron chi connectivity index (χ2n) is 15.2. The third kappa shape index (κ3) is 8.75. The van der Waals surface area contributed by atoms with E-state index < -0.39 is 0 Å². The molecule has 272 valence electrons. The van der Waals surface area contributed by atoms with Crippen molar-refractivity contribution in [3.05, 3.63) is 164 Å². The van der Waals surface area contributed by atoms with Crippen LogP contribution in [0.3, 0.4) is 0 Å². The lowest BCUT2D eigenvalue weighted by Gasteiger charge is -2.48. The van der Waals surface area contributed by atoms with Crippen LogP contribution in [-0.4, -0.2) is 27.2 Å². The van der Waals surface area contributed by atoms with Crippen LogP contribution in [0.4, 0.5) is 11.4 Å². The molecular formula is C46H46N6O2. The predicted octanol–water partition coefficient (Wildman–Crippen LogP) is 10.7. The summed E-state index contributed by atoms with van der Waals surface area (Å²) < 4.78 is 11.5. The van der Waals surface area contributed by atoms with Crippen molar-refractivity contribution in [2.75, 3.05) is 37.0 Å². The minimum atomic E-state index is 0.0638. The Balaban J connectivity index is 0.000000218. The van der Waals surface area contributed by atoms with Crippen molar-refractivity contribution in [3.8, 4) is 12.1 Å². The second-order valence-corrected chi connectivity index (χ2v) is 15.2. The summed E-state index contributed by atoms with van der Waals surface area (Å²) in [6, 6.07) is 16.6. The molecule has 0 aliphatic carbocycles. The van der Waals surface area contributed by atoms with Gasteiger partial charge in [-0.25, -0.2) is 20.2 Å². The third-order valence-corrected chi connectivity index (χ3v) is 10.1. The van der Waals surface area contributed by atoms with E-state index in [1.165, 1.54) is 16.8 Å². The van der Waals surface area contributed by atoms with Gasteiger partial charge in [0, 0.05) is 38.6 Å². The molecule has 0 unspecified atom stereocenters. The fourth-order valence-corrected chi connectivity index (χ4v) is 6.86. The number of benzene rings is 2. The van der Waals surface area contributed by atoms with Crippen molar-refractivity contribution in [3.63, 3.8) is 0 Å². The first kappa shape index (κ1) is 38.7. The van der Waals surface area contributed by atoms with Crippen LogP contribution in [0, 0.1) is 35.8 Å². The number of anilines is 2. The summed E-state index contributed by atoms with van der Waals surface area (Å²) in [5, 5.41) is 18.2. The van der Waals surface area contributed by atoms with Crippen molar-refractivity contribution in [2.45, 2.75) is 65.2 Å². The molecule has 54 heavy (non-hydrogen) atoms. The monoisotopic (exact) mass is 714 g/mol. The zero-order chi connectivity index (χ0) is 39.2. The summed E-state index contributed by atoms with van der Waals surface area (Å²) in [7, 11) is 4.00. The highest BCUT2D eigenvalue weighted by atomic mass is 16.5. The fourth-order valence-electron chi connectivity index (χ4n) is 6.86. The zero-order valence-corrected chi connectivity index (χ0v) is 32.4. The molecule has 8 nitrogen and oxygen atoms in total. The van der Waals surface area contributed by atoms with Crippen molar-refractivity contribution in [1.29, 1.82) is 10.5 Å². The Morgan fingerprint density at radius 1 is 0.722 bits per heavy atom. The summed E-state index contributed by atoms with van der Waals surface area (Å²) >= 11 is 0. The summed E-state index contributed by atoms with van der Waals surface area (Å²) in [5.41, 5.74) is 9.24. The Hall–Kier alpha value is -6.48. The molecule has 0 amide bonds. The second kappa shape index (κ2) is 16.0. The number of nitriles is 2. The molecule has 0 atom stereocenters. The number of rotatable bonds is 5. The normalized spacial score (nSPS) is 19.7. The molecule has 0 N–H and O–H groups in total. The van der Waals surface area contributed by atoms with Crippen molar-refractivity contribution < 1.29 is 9.47 Å². The van der Waals surface area contributed by atoms with E-state index in [4.69, 9.17) is 27.9 Å². The molecule has 4 heterocycles. The van der Waals surface area contributed by atoms with Gasteiger partial charge < -0.3 is 19.3 Å². The SMILES string of the molecule is [C-]#[N+]/C(C#N)=C1\C=C(C)OC(/C=C/c2cc3c4c(c2)C(C)(C)CCN4CCC3(C)C)=C1.[C-]#[N+]/C(C#N)=C1\C=C(C)OC(/C=C/c2ccc(N(C)C)cc2)=C1. The van der Waals surface area contributed by atoms with Gasteiger partial charge in [0.25, 0.3) is 11.4 Å². The van der Waals surface area contributed by atoms with Crippen molar-refractivity contribution in [2.24, 2.45) is 0 Å². The summed E-state index contributed by atoms with van der Waals surface area (Å²) in [6.45, 7) is 29.5. The maximum absolute atomic E-state index is 9.21. The lowest BCUT2D eigenvalue weighted by molar-refractivity contribution is 0.318. The molecule has 0 radical (unpaired) electrons. The molecule has 0 fully saturated rings. The van der Waals surface area contributed by atoms with E-state index in [1.54, 1.807) is 31.2 Å². The van der Waals surface area contributed by atoms with E-state index in [1.807, 2.05) is 80.6 Å². The van der Waals surface area contributed by atoms with E-state index in [2.05, 4.69) is 60.5 Å². The Labute approximate surface area is 320 Å². The van der Waals surface area contributed by atoms with Gasteiger partial charge in [-0.2, -0.15) is 0 Å². The van der Waals surface area contributed by atoms with Crippen molar-refractivity contribution in [1.82, 2.24) is 0 Å². The molecule has 0 saturated carbocycles. The van der Waals surface area contributed by atoms with Crippen LogP contribution in [-0.2, 0) is 20.3 Å². The molecule has 0 bridgehead atoms. The van der Waals surface area contributed by atoms with Gasteiger partial charge in [-0.05, 0) is 132 Å². The third-order valence-electron chi connectivity index (χ3n) is 10.1. The first-order valence-corrected chi connectivity index (χ1v) is 17.9. The maximum Gasteiger partial charge on any atom is 0.269 e. The van der Waals surface area contributed by atoms with Gasteiger partial charge in [0.1, 0.15) is 23.0 Å². The van der Waals surface area contributed by atoms with E-state index in [0.717, 1.165) is 42.7 Å². The van der Waals surface area contributed by atoms with E-state index in [0.29, 0.717) is 34.2 Å². The average molecular weight is 715 g/mol. The molecule has 6 rings (SSSR count). The van der Waals surface area contributed by atoms with Crippen molar-refractivity contribution >= 4 is 23.5 Å². The summed E-state index contributed by atoms with van der Waals surface area (Å²) in [6.07, 6.45) is 17.0. The molecule has 8 heteroatoms. The van der Waals surface area contributed by atoms with E-state index >= 15 is 0 Å². The van der Waals surface area contributed by atoms with Gasteiger partial charge in [0.2, 0.25) is 0 Å². The van der Waals surface area contributed by atoms with Gasteiger partial charge in [0.15, 0.2) is 0 Å². The Morgan fingerprint density at radius 3 is 1.57 bits per heavy atom. The quantitative estimate of drug-likeness (QED) is 0.227. The van der Waals surface area contributed by atoms with Crippen LogP contribution in [0.5, 0.6) is 0 Å². The predicted molar refractivity (Wildman–Crippen MR) is 217 cm³/mol. The maximum atomic E-state index is 9.21. The zero-order valence-electron chi connectivity index (χ0n) is 32.4. The number of allylic oxidation sites excluding steroid dienone is 12. The Morgan fingerprint density at radius 2 is 1.17 bits per heavy atom. The number of ether oxygens (including phenoxy) is 2.